The minimum Gasteiger partial charge on any atom is -0.0952 e. The SMILES string of the molecule is C=C1CC2CCCC2c2ccccc21. The van der Waals surface area contributed by atoms with Crippen molar-refractivity contribution in [1.29, 1.82) is 0 Å². The van der Waals surface area contributed by atoms with Gasteiger partial charge in [-0.25, -0.2) is 0 Å². The molecule has 0 aliphatic heterocycles. The van der Waals surface area contributed by atoms with Gasteiger partial charge in [-0.1, -0.05) is 37.3 Å². The maximum atomic E-state index is 4.22. The lowest BCUT2D eigenvalue weighted by Crippen LogP contribution is -2.14. The molecule has 3 rings (SSSR count). The van der Waals surface area contributed by atoms with Gasteiger partial charge in [-0.15, -0.1) is 0 Å². The molecule has 0 nitrogen and oxygen atoms in total. The molecule has 2 unspecified atom stereocenters. The van der Waals surface area contributed by atoms with Crippen molar-refractivity contribution >= 4 is 5.57 Å². The van der Waals surface area contributed by atoms with Gasteiger partial charge in [0, 0.05) is 0 Å². The molecule has 0 radical (unpaired) electrons. The Balaban J connectivity index is 2.13. The first-order valence-corrected chi connectivity index (χ1v) is 5.63. The second kappa shape index (κ2) is 2.98. The summed E-state index contributed by atoms with van der Waals surface area (Å²) in [6.45, 7) is 4.22. The number of rotatable bonds is 0. The maximum absolute atomic E-state index is 4.22. The van der Waals surface area contributed by atoms with E-state index in [0.717, 1.165) is 11.8 Å². The molecule has 2 aliphatic carbocycles. The standard InChI is InChI=1S/C14H16/c1-10-9-11-5-4-8-13(11)14-7-3-2-6-12(10)14/h2-3,6-7,11,13H,1,4-5,8-9H2. The molecule has 1 fully saturated rings. The molecule has 0 spiro atoms. The Morgan fingerprint density at radius 2 is 2.00 bits per heavy atom. The summed E-state index contributed by atoms with van der Waals surface area (Å²) in [7, 11) is 0. The lowest BCUT2D eigenvalue weighted by Gasteiger charge is -2.29. The van der Waals surface area contributed by atoms with Crippen molar-refractivity contribution in [2.24, 2.45) is 5.92 Å². The quantitative estimate of drug-likeness (QED) is 0.572. The molecule has 72 valence electrons. The van der Waals surface area contributed by atoms with Gasteiger partial charge in [0.05, 0.1) is 0 Å². The molecule has 0 amide bonds. The van der Waals surface area contributed by atoms with E-state index in [1.807, 2.05) is 0 Å². The van der Waals surface area contributed by atoms with E-state index in [0.29, 0.717) is 0 Å². The molecule has 0 aromatic heterocycles. The molecule has 0 bridgehead atoms. The lowest BCUT2D eigenvalue weighted by molar-refractivity contribution is 0.483. The van der Waals surface area contributed by atoms with Crippen LogP contribution in [0.1, 0.15) is 42.7 Å². The fourth-order valence-corrected chi connectivity index (χ4v) is 3.26. The summed E-state index contributed by atoms with van der Waals surface area (Å²) in [6.07, 6.45) is 5.46. The monoisotopic (exact) mass is 184 g/mol. The van der Waals surface area contributed by atoms with Gasteiger partial charge in [0.2, 0.25) is 0 Å². The Morgan fingerprint density at radius 1 is 1.14 bits per heavy atom. The van der Waals surface area contributed by atoms with Crippen LogP contribution in [0.5, 0.6) is 0 Å². The van der Waals surface area contributed by atoms with E-state index in [9.17, 15) is 0 Å². The highest BCUT2D eigenvalue weighted by Gasteiger charge is 2.34. The van der Waals surface area contributed by atoms with Crippen molar-refractivity contribution in [2.75, 3.05) is 0 Å². The predicted molar refractivity (Wildman–Crippen MR) is 60.2 cm³/mol. The van der Waals surface area contributed by atoms with Crippen LogP contribution in [0.25, 0.3) is 5.57 Å². The number of hydrogen-bond acceptors (Lipinski definition) is 0. The Morgan fingerprint density at radius 3 is 2.93 bits per heavy atom. The predicted octanol–water partition coefficient (Wildman–Crippen LogP) is 3.99. The highest BCUT2D eigenvalue weighted by Crippen LogP contribution is 2.49. The second-order valence-corrected chi connectivity index (χ2v) is 4.69. The van der Waals surface area contributed by atoms with Crippen molar-refractivity contribution in [1.82, 2.24) is 0 Å². The zero-order valence-corrected chi connectivity index (χ0v) is 8.50. The molecule has 0 N–H and O–H groups in total. The number of fused-ring (bicyclic) bond motifs is 3. The summed E-state index contributed by atoms with van der Waals surface area (Å²) in [5.41, 5.74) is 4.38. The Labute approximate surface area is 85.6 Å². The third-order valence-corrected chi connectivity index (χ3v) is 3.91. The van der Waals surface area contributed by atoms with E-state index in [1.165, 1.54) is 36.8 Å². The van der Waals surface area contributed by atoms with Gasteiger partial charge in [-0.2, -0.15) is 0 Å². The Hall–Kier alpha value is -1.04. The zero-order valence-electron chi connectivity index (χ0n) is 8.50. The van der Waals surface area contributed by atoms with Crippen LogP contribution in [-0.2, 0) is 0 Å². The van der Waals surface area contributed by atoms with Crippen LogP contribution in [0.3, 0.4) is 0 Å². The zero-order chi connectivity index (χ0) is 9.54. The minimum absolute atomic E-state index is 0.844. The molecule has 2 aliphatic rings. The highest BCUT2D eigenvalue weighted by atomic mass is 14.4. The number of benzene rings is 1. The molecule has 0 heterocycles. The van der Waals surface area contributed by atoms with E-state index >= 15 is 0 Å². The summed E-state index contributed by atoms with van der Waals surface area (Å²) >= 11 is 0. The summed E-state index contributed by atoms with van der Waals surface area (Å²) in [5, 5.41) is 0. The topological polar surface area (TPSA) is 0 Å². The largest absolute Gasteiger partial charge is 0.0952 e. The summed E-state index contributed by atoms with van der Waals surface area (Å²) in [6, 6.07) is 8.86. The lowest BCUT2D eigenvalue weighted by atomic mass is 9.75. The summed E-state index contributed by atoms with van der Waals surface area (Å²) < 4.78 is 0. The molecule has 1 saturated carbocycles. The number of hydrogen-bond donors (Lipinski definition) is 0. The first kappa shape index (κ1) is 8.28. The van der Waals surface area contributed by atoms with Gasteiger partial charge in [0.25, 0.3) is 0 Å². The Bertz CT molecular complexity index is 375. The maximum Gasteiger partial charge on any atom is -0.0124 e. The van der Waals surface area contributed by atoms with Crippen LogP contribution < -0.4 is 0 Å². The third kappa shape index (κ3) is 1.06. The van der Waals surface area contributed by atoms with Crippen LogP contribution in [0.2, 0.25) is 0 Å². The smallest absolute Gasteiger partial charge is 0.0124 e. The van der Waals surface area contributed by atoms with Crippen LogP contribution in [0, 0.1) is 5.92 Å². The van der Waals surface area contributed by atoms with Gasteiger partial charge >= 0.3 is 0 Å². The fraction of sp³-hybridized carbons (Fsp3) is 0.429. The van der Waals surface area contributed by atoms with Gasteiger partial charge < -0.3 is 0 Å². The van der Waals surface area contributed by atoms with Crippen LogP contribution in [-0.4, -0.2) is 0 Å². The Kier molecular flexibility index (Phi) is 1.76. The van der Waals surface area contributed by atoms with Crippen molar-refractivity contribution in [2.45, 2.75) is 31.6 Å². The van der Waals surface area contributed by atoms with Crippen LogP contribution >= 0.6 is 0 Å². The van der Waals surface area contributed by atoms with E-state index in [-0.39, 0.29) is 0 Å². The molecule has 0 saturated heterocycles. The first-order valence-electron chi connectivity index (χ1n) is 5.63. The minimum atomic E-state index is 0.844. The van der Waals surface area contributed by atoms with Crippen molar-refractivity contribution < 1.29 is 0 Å². The van der Waals surface area contributed by atoms with Gasteiger partial charge in [0.15, 0.2) is 0 Å². The van der Waals surface area contributed by atoms with Crippen molar-refractivity contribution in [3.8, 4) is 0 Å². The summed E-state index contributed by atoms with van der Waals surface area (Å²) in [4.78, 5) is 0. The average molecular weight is 184 g/mol. The highest BCUT2D eigenvalue weighted by molar-refractivity contribution is 5.69. The molecular formula is C14H16. The van der Waals surface area contributed by atoms with E-state index in [4.69, 9.17) is 0 Å². The second-order valence-electron chi connectivity index (χ2n) is 4.69. The molecule has 1 aromatic rings. The average Bonchev–Trinajstić information content (AvgIpc) is 2.66. The molecule has 1 aromatic carbocycles. The molecule has 2 atom stereocenters. The molecule has 0 heteroatoms. The summed E-state index contributed by atoms with van der Waals surface area (Å²) in [5.74, 6) is 1.74. The van der Waals surface area contributed by atoms with Gasteiger partial charge in [-0.3, -0.25) is 0 Å². The molecule has 14 heavy (non-hydrogen) atoms. The van der Waals surface area contributed by atoms with Gasteiger partial charge in [0.1, 0.15) is 0 Å². The normalized spacial score (nSPS) is 29.9. The van der Waals surface area contributed by atoms with Crippen molar-refractivity contribution in [3.63, 3.8) is 0 Å². The fourth-order valence-electron chi connectivity index (χ4n) is 3.26. The van der Waals surface area contributed by atoms with Gasteiger partial charge in [-0.05, 0) is 47.8 Å². The van der Waals surface area contributed by atoms with Crippen LogP contribution in [0.15, 0.2) is 30.8 Å². The third-order valence-electron chi connectivity index (χ3n) is 3.91. The van der Waals surface area contributed by atoms with E-state index < -0.39 is 0 Å². The first-order chi connectivity index (χ1) is 6.86. The van der Waals surface area contributed by atoms with Crippen LogP contribution in [0.4, 0.5) is 0 Å². The molecular weight excluding hydrogens is 168 g/mol. The van der Waals surface area contributed by atoms with E-state index in [1.54, 1.807) is 5.56 Å². The van der Waals surface area contributed by atoms with Crippen molar-refractivity contribution in [3.05, 3.63) is 42.0 Å². The number of allylic oxidation sites excluding steroid dienone is 1. The van der Waals surface area contributed by atoms with E-state index in [2.05, 4.69) is 30.8 Å².